The van der Waals surface area contributed by atoms with Crippen molar-refractivity contribution in [2.24, 2.45) is 5.92 Å². The number of sulfonamides is 1. The van der Waals surface area contributed by atoms with Crippen molar-refractivity contribution in [2.75, 3.05) is 31.4 Å². The molecule has 1 unspecified atom stereocenters. The summed E-state index contributed by atoms with van der Waals surface area (Å²) in [5.41, 5.74) is 1.52. The second-order valence-electron chi connectivity index (χ2n) is 9.85. The molecular weight excluding hydrogens is 519 g/mol. The Morgan fingerprint density at radius 2 is 1.95 bits per heavy atom. The summed E-state index contributed by atoms with van der Waals surface area (Å²) in [6.07, 6.45) is 5.35. The number of carboxylic acids is 1. The summed E-state index contributed by atoms with van der Waals surface area (Å²) in [7, 11) is -2.42. The van der Waals surface area contributed by atoms with Crippen LogP contribution in [-0.4, -0.2) is 61.8 Å². The van der Waals surface area contributed by atoms with Crippen molar-refractivity contribution in [2.45, 2.75) is 47.2 Å². The highest BCUT2D eigenvalue weighted by atomic mass is 32.2. The molecule has 0 amide bonds. The average Bonchev–Trinajstić information content (AvgIpc) is 2.90. The lowest BCUT2D eigenvalue weighted by atomic mass is 9.49. The zero-order chi connectivity index (χ0) is 26.4. The number of aliphatic carboxylic acids is 1. The zero-order valence-electron chi connectivity index (χ0n) is 20.6. The van der Waals surface area contributed by atoms with E-state index in [1.807, 2.05) is 30.3 Å². The lowest BCUT2D eigenvalue weighted by Gasteiger charge is -2.67. The van der Waals surface area contributed by atoms with E-state index in [1.54, 1.807) is 19.4 Å². The fourth-order valence-electron chi connectivity index (χ4n) is 5.40. The molecular formula is C26H29FN2O6S2. The summed E-state index contributed by atoms with van der Waals surface area (Å²) in [5, 5.41) is 8.82. The molecule has 0 aromatic heterocycles. The number of benzene rings is 2. The molecule has 1 aliphatic heterocycles. The minimum Gasteiger partial charge on any atom is -0.476 e. The fraction of sp³-hybridized carbons (Fsp3) is 0.423. The molecule has 3 aliphatic carbocycles. The van der Waals surface area contributed by atoms with E-state index in [9.17, 15) is 17.6 Å². The molecule has 1 atom stereocenters. The van der Waals surface area contributed by atoms with Crippen LogP contribution >= 0.6 is 11.8 Å². The van der Waals surface area contributed by atoms with Crippen LogP contribution in [0.3, 0.4) is 0 Å². The molecule has 1 N–H and O–H groups in total. The molecule has 2 aromatic carbocycles. The van der Waals surface area contributed by atoms with Crippen molar-refractivity contribution < 1.29 is 32.2 Å². The molecule has 0 radical (unpaired) electrons. The maximum Gasteiger partial charge on any atom is 0.368 e. The highest BCUT2D eigenvalue weighted by molar-refractivity contribution is 7.98. The van der Waals surface area contributed by atoms with Gasteiger partial charge >= 0.3 is 5.97 Å². The number of hydrogen-bond donors (Lipinski definition) is 1. The summed E-state index contributed by atoms with van der Waals surface area (Å²) in [6, 6.07) is 12.4. The van der Waals surface area contributed by atoms with Gasteiger partial charge in [0, 0.05) is 25.2 Å². The molecule has 4 aliphatic rings. The van der Waals surface area contributed by atoms with E-state index >= 15 is 0 Å². The summed E-state index contributed by atoms with van der Waals surface area (Å²) < 4.78 is 54.0. The number of carboxylic acid groups (broad SMARTS) is 1. The Morgan fingerprint density at radius 3 is 2.54 bits per heavy atom. The second-order valence-corrected chi connectivity index (χ2v) is 12.7. The fourth-order valence-corrected chi connectivity index (χ4v) is 7.46. The Morgan fingerprint density at radius 1 is 1.24 bits per heavy atom. The first kappa shape index (κ1) is 26.0. The van der Waals surface area contributed by atoms with E-state index in [0.29, 0.717) is 35.9 Å². The minimum absolute atomic E-state index is 0.0576. The standard InChI is InChI=1S/C26H29FN2O6S2/c1-28-19(15-34-14-17-6-4-3-5-7-17)13-29(26-10-18(11-26)12-26)21-8-23(36-2)22(9-24(21)37(28,32)33)35-16-20(27)25(30)31/h3-9,16,18-19H,10-15H2,1-2H3,(H,30,31)/b20-16-. The van der Waals surface area contributed by atoms with Crippen molar-refractivity contribution in [3.8, 4) is 5.75 Å². The summed E-state index contributed by atoms with van der Waals surface area (Å²) in [6.45, 7) is 1.08. The smallest absolute Gasteiger partial charge is 0.368 e. The lowest BCUT2D eigenvalue weighted by Crippen LogP contribution is -2.70. The van der Waals surface area contributed by atoms with Crippen molar-refractivity contribution in [1.82, 2.24) is 4.31 Å². The largest absolute Gasteiger partial charge is 0.476 e. The minimum atomic E-state index is -3.97. The molecule has 3 saturated carbocycles. The van der Waals surface area contributed by atoms with Gasteiger partial charge in [0.1, 0.15) is 16.9 Å². The Balaban J connectivity index is 1.50. The van der Waals surface area contributed by atoms with E-state index in [-0.39, 0.29) is 22.8 Å². The number of hydrogen-bond acceptors (Lipinski definition) is 7. The third-order valence-corrected chi connectivity index (χ3v) is 10.3. The molecule has 2 aromatic rings. The zero-order valence-corrected chi connectivity index (χ0v) is 22.2. The number of thioether (sulfide) groups is 1. The highest BCUT2D eigenvalue weighted by Crippen LogP contribution is 2.62. The van der Waals surface area contributed by atoms with Crippen LogP contribution < -0.4 is 9.64 Å². The Labute approximate surface area is 220 Å². The van der Waals surface area contributed by atoms with E-state index in [1.165, 1.54) is 22.1 Å². The Kier molecular flexibility index (Phi) is 6.99. The van der Waals surface area contributed by atoms with Crippen molar-refractivity contribution in [3.63, 3.8) is 0 Å². The van der Waals surface area contributed by atoms with Crippen LogP contribution in [0, 0.1) is 5.92 Å². The molecule has 0 spiro atoms. The van der Waals surface area contributed by atoms with Gasteiger partial charge in [-0.1, -0.05) is 30.3 Å². The number of ether oxygens (including phenoxy) is 2. The summed E-state index contributed by atoms with van der Waals surface area (Å²) in [5.74, 6) is -2.48. The van der Waals surface area contributed by atoms with Crippen LogP contribution in [0.1, 0.15) is 24.8 Å². The molecule has 1 heterocycles. The first-order chi connectivity index (χ1) is 17.6. The van der Waals surface area contributed by atoms with Crippen LogP contribution in [0.4, 0.5) is 10.1 Å². The topological polar surface area (TPSA) is 96.4 Å². The number of nitrogens with zero attached hydrogens (tertiary/aromatic N) is 2. The van der Waals surface area contributed by atoms with E-state index in [0.717, 1.165) is 24.8 Å². The SMILES string of the molecule is CSc1cc2c(cc1O/C=C(\F)C(=O)O)S(=O)(=O)N(C)C(COCc1ccccc1)CN2C12CC(C1)C2. The highest BCUT2D eigenvalue weighted by Gasteiger charge is 2.61. The van der Waals surface area contributed by atoms with Gasteiger partial charge in [0.2, 0.25) is 15.9 Å². The van der Waals surface area contributed by atoms with Crippen molar-refractivity contribution in [1.29, 1.82) is 0 Å². The predicted octanol–water partition coefficient (Wildman–Crippen LogP) is 4.26. The van der Waals surface area contributed by atoms with Crippen molar-refractivity contribution >= 4 is 33.4 Å². The number of fused-ring (bicyclic) bond motifs is 1. The monoisotopic (exact) mass is 548 g/mol. The van der Waals surface area contributed by atoms with Crippen LogP contribution in [0.25, 0.3) is 0 Å². The predicted molar refractivity (Wildman–Crippen MR) is 138 cm³/mol. The maximum absolute atomic E-state index is 13.9. The van der Waals surface area contributed by atoms with E-state index < -0.39 is 27.9 Å². The molecule has 0 saturated heterocycles. The quantitative estimate of drug-likeness (QED) is 0.282. The van der Waals surface area contributed by atoms with Crippen LogP contribution in [0.15, 0.2) is 64.3 Å². The van der Waals surface area contributed by atoms with Crippen LogP contribution in [-0.2, 0) is 26.2 Å². The number of likely N-dealkylation sites (N-methyl/N-ethyl adjacent to an activating group) is 1. The number of rotatable bonds is 9. The third kappa shape index (κ3) is 4.73. The Hall–Kier alpha value is -2.60. The average molecular weight is 549 g/mol. The van der Waals surface area contributed by atoms with E-state index in [4.69, 9.17) is 14.6 Å². The molecule has 2 bridgehead atoms. The van der Waals surface area contributed by atoms with Gasteiger partial charge in [-0.25, -0.2) is 13.2 Å². The first-order valence-electron chi connectivity index (χ1n) is 12.0. The molecule has 6 rings (SSSR count). The van der Waals surface area contributed by atoms with Crippen molar-refractivity contribution in [3.05, 3.63) is 60.1 Å². The Bertz CT molecular complexity index is 1320. The second kappa shape index (κ2) is 9.94. The van der Waals surface area contributed by atoms with E-state index in [2.05, 4.69) is 4.90 Å². The molecule has 11 heteroatoms. The van der Waals surface area contributed by atoms with Gasteiger partial charge in [-0.2, -0.15) is 8.70 Å². The number of anilines is 1. The van der Waals surface area contributed by atoms with Crippen LogP contribution in [0.2, 0.25) is 0 Å². The lowest BCUT2D eigenvalue weighted by molar-refractivity contribution is -0.134. The molecule has 198 valence electrons. The molecule has 37 heavy (non-hydrogen) atoms. The third-order valence-electron chi connectivity index (χ3n) is 7.59. The number of halogens is 1. The normalized spacial score (nSPS) is 26.5. The van der Waals surface area contributed by atoms with Gasteiger partial charge in [0.15, 0.2) is 0 Å². The van der Waals surface area contributed by atoms with Gasteiger partial charge < -0.3 is 19.5 Å². The van der Waals surface area contributed by atoms with Gasteiger partial charge in [0.25, 0.3) is 0 Å². The van der Waals surface area contributed by atoms with Gasteiger partial charge in [0.05, 0.1) is 29.8 Å². The maximum atomic E-state index is 13.9. The van der Waals surface area contributed by atoms with Gasteiger partial charge in [-0.15, -0.1) is 11.8 Å². The molecule has 3 fully saturated rings. The first-order valence-corrected chi connectivity index (χ1v) is 14.7. The van der Waals surface area contributed by atoms with Gasteiger partial charge in [-0.3, -0.25) is 0 Å². The summed E-state index contributed by atoms with van der Waals surface area (Å²) >= 11 is 1.32. The van der Waals surface area contributed by atoms with Crippen LogP contribution in [0.5, 0.6) is 5.75 Å². The van der Waals surface area contributed by atoms with Gasteiger partial charge in [-0.05, 0) is 43.1 Å². The summed E-state index contributed by atoms with van der Waals surface area (Å²) in [4.78, 5) is 13.7. The number of carbonyl (C=O) groups is 1. The molecule has 8 nitrogen and oxygen atoms in total.